The van der Waals surface area contributed by atoms with E-state index in [2.05, 4.69) is 31.8 Å². The number of furan rings is 1. The van der Waals surface area contributed by atoms with Gasteiger partial charge in [-0.1, -0.05) is 13.0 Å². The molecule has 3 nitrogen and oxygen atoms in total. The van der Waals surface area contributed by atoms with Crippen LogP contribution < -0.4 is 5.32 Å². The molecule has 1 aromatic heterocycles. The lowest BCUT2D eigenvalue weighted by molar-refractivity contribution is 0.103. The summed E-state index contributed by atoms with van der Waals surface area (Å²) in [6, 6.07) is 2.06. The van der Waals surface area contributed by atoms with E-state index in [1.165, 1.54) is 5.56 Å². The average molecular weight is 237 g/mol. The maximum atomic E-state index is 5.72. The second-order valence-electron chi connectivity index (χ2n) is 4.08. The molecule has 0 saturated heterocycles. The van der Waals surface area contributed by atoms with E-state index in [1.54, 1.807) is 0 Å². The minimum Gasteiger partial charge on any atom is -0.462 e. The van der Waals surface area contributed by atoms with Gasteiger partial charge in [0.15, 0.2) is 0 Å². The molecule has 17 heavy (non-hydrogen) atoms. The normalized spacial score (nSPS) is 10.7. The van der Waals surface area contributed by atoms with Crippen LogP contribution in [0.4, 0.5) is 0 Å². The maximum absolute atomic E-state index is 5.72. The average Bonchev–Trinajstić information content (AvgIpc) is 2.67. The van der Waals surface area contributed by atoms with Gasteiger partial charge in [-0.15, -0.1) is 6.58 Å². The highest BCUT2D eigenvalue weighted by molar-refractivity contribution is 5.19. The first kappa shape index (κ1) is 14.0. The molecule has 0 aliphatic heterocycles. The minimum absolute atomic E-state index is 0.560. The number of hydrogen-bond donors (Lipinski definition) is 1. The zero-order valence-corrected chi connectivity index (χ0v) is 10.9. The van der Waals surface area contributed by atoms with Crippen molar-refractivity contribution in [2.45, 2.75) is 39.8 Å². The third-order valence-corrected chi connectivity index (χ3v) is 2.55. The SMILES string of the molecule is C=CCCCOCc1cc(C)c(CNCC)o1. The van der Waals surface area contributed by atoms with E-state index in [0.717, 1.165) is 44.1 Å². The molecule has 0 fully saturated rings. The molecule has 0 aliphatic rings. The summed E-state index contributed by atoms with van der Waals surface area (Å²) < 4.78 is 11.2. The van der Waals surface area contributed by atoms with Crippen molar-refractivity contribution < 1.29 is 9.15 Å². The highest BCUT2D eigenvalue weighted by Gasteiger charge is 2.06. The molecule has 1 aromatic rings. The highest BCUT2D eigenvalue weighted by Crippen LogP contribution is 2.15. The van der Waals surface area contributed by atoms with Gasteiger partial charge in [0.25, 0.3) is 0 Å². The zero-order chi connectivity index (χ0) is 12.5. The summed E-state index contributed by atoms with van der Waals surface area (Å²) in [6.07, 6.45) is 3.94. The van der Waals surface area contributed by atoms with Crippen LogP contribution in [0.2, 0.25) is 0 Å². The molecular formula is C14H23NO2. The van der Waals surface area contributed by atoms with Gasteiger partial charge in [-0.2, -0.15) is 0 Å². The third kappa shape index (κ3) is 5.20. The van der Waals surface area contributed by atoms with E-state index in [4.69, 9.17) is 9.15 Å². The summed E-state index contributed by atoms with van der Waals surface area (Å²) in [5.41, 5.74) is 1.19. The summed E-state index contributed by atoms with van der Waals surface area (Å²) in [5, 5.41) is 3.26. The van der Waals surface area contributed by atoms with Crippen molar-refractivity contribution in [1.29, 1.82) is 0 Å². The Balaban J connectivity index is 2.31. The molecule has 1 N–H and O–H groups in total. The Kier molecular flexibility index (Phi) is 6.67. The monoisotopic (exact) mass is 237 g/mol. The molecule has 0 bridgehead atoms. The number of nitrogens with one attached hydrogen (secondary N) is 1. The Bertz CT molecular complexity index is 331. The van der Waals surface area contributed by atoms with E-state index >= 15 is 0 Å². The summed E-state index contributed by atoms with van der Waals surface area (Å²) in [5.74, 6) is 1.92. The van der Waals surface area contributed by atoms with Gasteiger partial charge in [0.1, 0.15) is 18.1 Å². The summed E-state index contributed by atoms with van der Waals surface area (Å²) in [4.78, 5) is 0. The molecule has 0 aliphatic carbocycles. The van der Waals surface area contributed by atoms with Crippen LogP contribution in [0.1, 0.15) is 36.8 Å². The van der Waals surface area contributed by atoms with E-state index in [-0.39, 0.29) is 0 Å². The van der Waals surface area contributed by atoms with Crippen LogP contribution in [0.25, 0.3) is 0 Å². The Morgan fingerprint density at radius 3 is 3.06 bits per heavy atom. The largest absolute Gasteiger partial charge is 0.462 e. The molecule has 0 atom stereocenters. The molecule has 0 unspecified atom stereocenters. The molecule has 1 heterocycles. The van der Waals surface area contributed by atoms with Gasteiger partial charge in [0, 0.05) is 6.61 Å². The molecule has 0 spiro atoms. The van der Waals surface area contributed by atoms with Gasteiger partial charge < -0.3 is 14.5 Å². The predicted molar refractivity (Wildman–Crippen MR) is 69.9 cm³/mol. The molecule has 0 amide bonds. The van der Waals surface area contributed by atoms with Crippen LogP contribution >= 0.6 is 0 Å². The Morgan fingerprint density at radius 2 is 2.35 bits per heavy atom. The van der Waals surface area contributed by atoms with Crippen LogP contribution in [0.3, 0.4) is 0 Å². The summed E-state index contributed by atoms with van der Waals surface area (Å²) in [7, 11) is 0. The van der Waals surface area contributed by atoms with Crippen molar-refractivity contribution in [3.8, 4) is 0 Å². The van der Waals surface area contributed by atoms with E-state index in [0.29, 0.717) is 6.61 Å². The Morgan fingerprint density at radius 1 is 1.53 bits per heavy atom. The topological polar surface area (TPSA) is 34.4 Å². The number of hydrogen-bond acceptors (Lipinski definition) is 3. The summed E-state index contributed by atoms with van der Waals surface area (Å²) >= 11 is 0. The lowest BCUT2D eigenvalue weighted by Gasteiger charge is -2.01. The number of allylic oxidation sites excluding steroid dienone is 1. The smallest absolute Gasteiger partial charge is 0.130 e. The van der Waals surface area contributed by atoms with Crippen molar-refractivity contribution >= 4 is 0 Å². The van der Waals surface area contributed by atoms with Crippen molar-refractivity contribution in [2.75, 3.05) is 13.2 Å². The van der Waals surface area contributed by atoms with Crippen molar-refractivity contribution in [3.63, 3.8) is 0 Å². The predicted octanol–water partition coefficient (Wildman–Crippen LogP) is 3.18. The Hall–Kier alpha value is -1.06. The number of aryl methyl sites for hydroxylation is 1. The molecule has 0 radical (unpaired) electrons. The van der Waals surface area contributed by atoms with E-state index < -0.39 is 0 Å². The van der Waals surface area contributed by atoms with Gasteiger partial charge in [-0.3, -0.25) is 0 Å². The lowest BCUT2D eigenvalue weighted by atomic mass is 10.2. The lowest BCUT2D eigenvalue weighted by Crippen LogP contribution is -2.11. The van der Waals surface area contributed by atoms with Crippen LogP contribution in [0.15, 0.2) is 23.1 Å². The van der Waals surface area contributed by atoms with E-state index in [9.17, 15) is 0 Å². The number of ether oxygens (including phenoxy) is 1. The summed E-state index contributed by atoms with van der Waals surface area (Å²) in [6.45, 7) is 10.9. The maximum Gasteiger partial charge on any atom is 0.130 e. The van der Waals surface area contributed by atoms with E-state index in [1.807, 2.05) is 6.08 Å². The number of rotatable bonds is 9. The quantitative estimate of drug-likeness (QED) is 0.529. The molecule has 0 saturated carbocycles. The second kappa shape index (κ2) is 8.09. The van der Waals surface area contributed by atoms with Crippen molar-refractivity contribution in [3.05, 3.63) is 35.8 Å². The minimum atomic E-state index is 0.560. The molecule has 1 rings (SSSR count). The first-order valence-corrected chi connectivity index (χ1v) is 6.25. The second-order valence-corrected chi connectivity index (χ2v) is 4.08. The van der Waals surface area contributed by atoms with Crippen LogP contribution in [-0.4, -0.2) is 13.2 Å². The first-order chi connectivity index (χ1) is 8.27. The van der Waals surface area contributed by atoms with Crippen LogP contribution in [0.5, 0.6) is 0 Å². The molecule has 0 aromatic carbocycles. The van der Waals surface area contributed by atoms with Crippen LogP contribution in [0, 0.1) is 6.92 Å². The van der Waals surface area contributed by atoms with Gasteiger partial charge in [-0.05, 0) is 37.9 Å². The first-order valence-electron chi connectivity index (χ1n) is 6.25. The number of unbranched alkanes of at least 4 members (excludes halogenated alkanes) is 1. The fraction of sp³-hybridized carbons (Fsp3) is 0.571. The van der Waals surface area contributed by atoms with Crippen molar-refractivity contribution in [2.24, 2.45) is 0 Å². The van der Waals surface area contributed by atoms with Gasteiger partial charge in [0.05, 0.1) is 6.54 Å². The highest BCUT2D eigenvalue weighted by atomic mass is 16.5. The standard InChI is InChI=1S/C14H23NO2/c1-4-6-7-8-16-11-13-9-12(3)14(17-13)10-15-5-2/h4,9,15H,1,5-8,10-11H2,2-3H3. The fourth-order valence-corrected chi connectivity index (χ4v) is 1.58. The third-order valence-electron chi connectivity index (χ3n) is 2.55. The van der Waals surface area contributed by atoms with Gasteiger partial charge in [0.2, 0.25) is 0 Å². The van der Waals surface area contributed by atoms with Gasteiger partial charge >= 0.3 is 0 Å². The van der Waals surface area contributed by atoms with Gasteiger partial charge in [-0.25, -0.2) is 0 Å². The van der Waals surface area contributed by atoms with Crippen molar-refractivity contribution in [1.82, 2.24) is 5.32 Å². The molecular weight excluding hydrogens is 214 g/mol. The Labute approximate surface area is 104 Å². The van der Waals surface area contributed by atoms with Crippen LogP contribution in [-0.2, 0) is 17.9 Å². The fourth-order valence-electron chi connectivity index (χ4n) is 1.58. The molecule has 96 valence electrons. The molecule has 3 heteroatoms. The zero-order valence-electron chi connectivity index (χ0n) is 10.9.